The van der Waals surface area contributed by atoms with Crippen LogP contribution in [0.2, 0.25) is 0 Å². The molecule has 2 aromatic rings. The molecule has 0 aliphatic carbocycles. The number of carbonyl (C=O) groups is 1. The Labute approximate surface area is 153 Å². The number of urea groups is 1. The molecule has 0 saturated carbocycles. The van der Waals surface area contributed by atoms with E-state index in [1.807, 2.05) is 24.5 Å². The Balaban J connectivity index is 1.72. The van der Waals surface area contributed by atoms with E-state index in [-0.39, 0.29) is 6.03 Å². The van der Waals surface area contributed by atoms with E-state index >= 15 is 0 Å². The summed E-state index contributed by atoms with van der Waals surface area (Å²) in [6.45, 7) is 6.29. The summed E-state index contributed by atoms with van der Waals surface area (Å²) >= 11 is 1.61. The summed E-state index contributed by atoms with van der Waals surface area (Å²) in [5.74, 6) is 1.52. The lowest BCUT2D eigenvalue weighted by Gasteiger charge is -2.12. The lowest BCUT2D eigenvalue weighted by atomic mass is 10.2. The molecule has 7 nitrogen and oxygen atoms in total. The van der Waals surface area contributed by atoms with Crippen LogP contribution in [0.4, 0.5) is 4.79 Å². The third-order valence-corrected chi connectivity index (χ3v) is 4.21. The lowest BCUT2D eigenvalue weighted by molar-refractivity contribution is 0.240. The van der Waals surface area contributed by atoms with Crippen molar-refractivity contribution in [3.05, 3.63) is 35.9 Å². The van der Waals surface area contributed by atoms with Crippen LogP contribution in [0.1, 0.15) is 31.8 Å². The molecule has 0 fully saturated rings. The van der Waals surface area contributed by atoms with Crippen molar-refractivity contribution in [1.82, 2.24) is 30.4 Å². The molecule has 2 heterocycles. The summed E-state index contributed by atoms with van der Waals surface area (Å²) in [6, 6.07) is 5.45. The monoisotopic (exact) mass is 362 g/mol. The molecule has 8 heteroatoms. The van der Waals surface area contributed by atoms with Crippen LogP contribution in [0.3, 0.4) is 0 Å². The Morgan fingerprint density at radius 1 is 1.28 bits per heavy atom. The van der Waals surface area contributed by atoms with E-state index in [0.717, 1.165) is 36.1 Å². The first-order valence-electron chi connectivity index (χ1n) is 8.47. The molecular weight excluding hydrogens is 336 g/mol. The van der Waals surface area contributed by atoms with Gasteiger partial charge in [-0.2, -0.15) is 0 Å². The van der Waals surface area contributed by atoms with Crippen LogP contribution in [0.15, 0.2) is 29.6 Å². The molecule has 0 unspecified atom stereocenters. The van der Waals surface area contributed by atoms with Gasteiger partial charge in [-0.15, -0.1) is 10.2 Å². The number of nitrogens with zero attached hydrogens (tertiary/aromatic N) is 4. The standard InChI is InChI=1S/C17H26N6OS/c1-13(2)12-23-15(21-22-17(23)25-3)8-6-10-19-16(24)20-11-14-7-4-5-9-18-14/h4-5,7,9,13H,6,8,10-12H2,1-3H3,(H2,19,20,24). The van der Waals surface area contributed by atoms with Crippen LogP contribution in [-0.4, -0.2) is 38.6 Å². The molecule has 2 amide bonds. The fraction of sp³-hybridized carbons (Fsp3) is 0.529. The van der Waals surface area contributed by atoms with Crippen molar-refractivity contribution in [3.8, 4) is 0 Å². The molecule has 0 aromatic carbocycles. The average molecular weight is 363 g/mol. The number of nitrogens with one attached hydrogen (secondary N) is 2. The maximum absolute atomic E-state index is 11.8. The van der Waals surface area contributed by atoms with E-state index in [1.165, 1.54) is 0 Å². The van der Waals surface area contributed by atoms with Crippen LogP contribution in [-0.2, 0) is 19.5 Å². The van der Waals surface area contributed by atoms with Crippen LogP contribution in [0, 0.1) is 5.92 Å². The molecule has 0 aliphatic rings. The minimum atomic E-state index is -0.181. The highest BCUT2D eigenvalue weighted by atomic mass is 32.2. The molecule has 0 spiro atoms. The zero-order valence-corrected chi connectivity index (χ0v) is 15.8. The predicted octanol–water partition coefficient (Wildman–Crippen LogP) is 2.48. The molecular formula is C17H26N6OS. The van der Waals surface area contributed by atoms with Gasteiger partial charge in [-0.1, -0.05) is 31.7 Å². The van der Waals surface area contributed by atoms with Gasteiger partial charge in [0.25, 0.3) is 0 Å². The van der Waals surface area contributed by atoms with Crippen molar-refractivity contribution in [1.29, 1.82) is 0 Å². The molecule has 2 aromatic heterocycles. The number of pyridine rings is 1. The fourth-order valence-electron chi connectivity index (χ4n) is 2.39. The summed E-state index contributed by atoms with van der Waals surface area (Å²) in [5, 5.41) is 15.1. The number of rotatable bonds is 9. The molecule has 2 N–H and O–H groups in total. The highest BCUT2D eigenvalue weighted by molar-refractivity contribution is 7.98. The first-order chi connectivity index (χ1) is 12.1. The second-order valence-electron chi connectivity index (χ2n) is 6.14. The van der Waals surface area contributed by atoms with E-state index in [1.54, 1.807) is 18.0 Å². The highest BCUT2D eigenvalue weighted by Crippen LogP contribution is 2.16. The van der Waals surface area contributed by atoms with Crippen molar-refractivity contribution in [2.24, 2.45) is 5.92 Å². The topological polar surface area (TPSA) is 84.7 Å². The van der Waals surface area contributed by atoms with Crippen LogP contribution in [0.25, 0.3) is 0 Å². The summed E-state index contributed by atoms with van der Waals surface area (Å²) in [4.78, 5) is 16.0. The number of aromatic nitrogens is 4. The van der Waals surface area contributed by atoms with E-state index < -0.39 is 0 Å². The number of amides is 2. The van der Waals surface area contributed by atoms with E-state index in [2.05, 4.69) is 44.2 Å². The Morgan fingerprint density at radius 2 is 2.12 bits per heavy atom. The molecule has 0 radical (unpaired) electrons. The van der Waals surface area contributed by atoms with Gasteiger partial charge in [0.15, 0.2) is 5.16 Å². The van der Waals surface area contributed by atoms with Gasteiger partial charge in [0.05, 0.1) is 12.2 Å². The summed E-state index contributed by atoms with van der Waals surface area (Å²) in [7, 11) is 0. The van der Waals surface area contributed by atoms with Crippen LogP contribution in [0.5, 0.6) is 0 Å². The third kappa shape index (κ3) is 6.38. The van der Waals surface area contributed by atoms with Gasteiger partial charge in [-0.3, -0.25) is 4.98 Å². The van der Waals surface area contributed by atoms with Gasteiger partial charge in [-0.05, 0) is 30.7 Å². The first kappa shape index (κ1) is 19.2. The van der Waals surface area contributed by atoms with Gasteiger partial charge in [-0.25, -0.2) is 4.79 Å². The van der Waals surface area contributed by atoms with Gasteiger partial charge in [0.2, 0.25) is 0 Å². The predicted molar refractivity (Wildman–Crippen MR) is 99.4 cm³/mol. The highest BCUT2D eigenvalue weighted by Gasteiger charge is 2.12. The number of hydrogen-bond donors (Lipinski definition) is 2. The summed E-state index contributed by atoms with van der Waals surface area (Å²) in [6.07, 6.45) is 5.34. The Hall–Kier alpha value is -2.09. The minimum absolute atomic E-state index is 0.181. The third-order valence-electron chi connectivity index (χ3n) is 3.54. The Morgan fingerprint density at radius 3 is 2.80 bits per heavy atom. The average Bonchev–Trinajstić information content (AvgIpc) is 2.99. The molecule has 136 valence electrons. The van der Waals surface area contributed by atoms with Crippen molar-refractivity contribution < 1.29 is 4.79 Å². The molecule has 0 atom stereocenters. The van der Waals surface area contributed by atoms with Gasteiger partial charge < -0.3 is 15.2 Å². The van der Waals surface area contributed by atoms with E-state index in [4.69, 9.17) is 0 Å². The maximum atomic E-state index is 11.8. The molecule has 0 bridgehead atoms. The van der Waals surface area contributed by atoms with Gasteiger partial charge in [0, 0.05) is 25.7 Å². The number of carbonyl (C=O) groups excluding carboxylic acids is 1. The largest absolute Gasteiger partial charge is 0.338 e. The van der Waals surface area contributed by atoms with Crippen molar-refractivity contribution >= 4 is 17.8 Å². The van der Waals surface area contributed by atoms with Crippen LogP contribution < -0.4 is 10.6 Å². The minimum Gasteiger partial charge on any atom is -0.338 e. The smallest absolute Gasteiger partial charge is 0.315 e. The van der Waals surface area contributed by atoms with Crippen LogP contribution >= 0.6 is 11.8 Å². The molecule has 0 aliphatic heterocycles. The molecule has 2 rings (SSSR count). The van der Waals surface area contributed by atoms with E-state index in [0.29, 0.717) is 19.0 Å². The zero-order valence-electron chi connectivity index (χ0n) is 15.0. The number of thioether (sulfide) groups is 1. The lowest BCUT2D eigenvalue weighted by Crippen LogP contribution is -2.35. The van der Waals surface area contributed by atoms with Gasteiger partial charge >= 0.3 is 6.03 Å². The van der Waals surface area contributed by atoms with Gasteiger partial charge in [0.1, 0.15) is 5.82 Å². The SMILES string of the molecule is CSc1nnc(CCCNC(=O)NCc2ccccn2)n1CC(C)C. The van der Waals surface area contributed by atoms with Crippen molar-refractivity contribution in [3.63, 3.8) is 0 Å². The van der Waals surface area contributed by atoms with Crippen molar-refractivity contribution in [2.45, 2.75) is 44.9 Å². The number of aryl methyl sites for hydroxylation is 1. The summed E-state index contributed by atoms with van der Waals surface area (Å²) < 4.78 is 2.18. The number of hydrogen-bond acceptors (Lipinski definition) is 5. The normalized spacial score (nSPS) is 10.9. The van der Waals surface area contributed by atoms with Crippen molar-refractivity contribution in [2.75, 3.05) is 12.8 Å². The maximum Gasteiger partial charge on any atom is 0.315 e. The second kappa shape index (κ2) is 10.0. The fourth-order valence-corrected chi connectivity index (χ4v) is 2.91. The zero-order chi connectivity index (χ0) is 18.1. The second-order valence-corrected chi connectivity index (χ2v) is 6.91. The summed E-state index contributed by atoms with van der Waals surface area (Å²) in [5.41, 5.74) is 0.837. The Bertz CT molecular complexity index is 658. The molecule has 25 heavy (non-hydrogen) atoms. The Kier molecular flexibility index (Phi) is 7.72. The quantitative estimate of drug-likeness (QED) is 0.529. The van der Waals surface area contributed by atoms with E-state index in [9.17, 15) is 4.79 Å². The first-order valence-corrected chi connectivity index (χ1v) is 9.70. The molecule has 0 saturated heterocycles.